The molecule has 1 aliphatic rings. The van der Waals surface area contributed by atoms with E-state index in [1.165, 1.54) is 0 Å². The summed E-state index contributed by atoms with van der Waals surface area (Å²) >= 11 is 0. The predicted octanol–water partition coefficient (Wildman–Crippen LogP) is 6.23. The highest BCUT2D eigenvalue weighted by Crippen LogP contribution is 2.50. The number of oxazole rings is 1. The predicted molar refractivity (Wildman–Crippen MR) is 95.9 cm³/mol. The molecule has 0 spiro atoms. The number of hydrogen-bond acceptors (Lipinski definition) is 3. The molecular formula is C21H13F6NO3. The number of benzene rings is 2. The van der Waals surface area contributed by atoms with Crippen molar-refractivity contribution in [2.24, 2.45) is 5.92 Å². The van der Waals surface area contributed by atoms with Crippen LogP contribution in [0.3, 0.4) is 0 Å². The van der Waals surface area contributed by atoms with Gasteiger partial charge in [-0.3, -0.25) is 4.79 Å². The number of hydrogen-bond donors (Lipinski definition) is 1. The zero-order valence-electron chi connectivity index (χ0n) is 15.5. The first-order valence-electron chi connectivity index (χ1n) is 9.04. The SMILES string of the molecule is O=C(O)C1CC1c1nc(-c2ccccc2)c(-c2cc(C(F)(F)F)cc(C(F)(F)F)c2)o1. The summed E-state index contributed by atoms with van der Waals surface area (Å²) in [6.45, 7) is 0. The average Bonchev–Trinajstić information content (AvgIpc) is 3.38. The third-order valence-electron chi connectivity index (χ3n) is 4.97. The van der Waals surface area contributed by atoms with Gasteiger partial charge in [-0.05, 0) is 24.6 Å². The van der Waals surface area contributed by atoms with Crippen LogP contribution in [0.5, 0.6) is 0 Å². The Labute approximate surface area is 171 Å². The molecule has 162 valence electrons. The fourth-order valence-electron chi connectivity index (χ4n) is 3.31. The van der Waals surface area contributed by atoms with Crippen molar-refractivity contribution in [3.63, 3.8) is 0 Å². The maximum atomic E-state index is 13.3. The summed E-state index contributed by atoms with van der Waals surface area (Å²) in [7, 11) is 0. The Kier molecular flexibility index (Phi) is 4.83. The number of carboxylic acid groups (broad SMARTS) is 1. The molecule has 1 heterocycles. The molecule has 4 nitrogen and oxygen atoms in total. The van der Waals surface area contributed by atoms with Gasteiger partial charge >= 0.3 is 18.3 Å². The molecule has 1 saturated carbocycles. The molecular weight excluding hydrogens is 428 g/mol. The van der Waals surface area contributed by atoms with Crippen LogP contribution in [-0.2, 0) is 17.1 Å². The Bertz CT molecular complexity index is 1100. The largest absolute Gasteiger partial charge is 0.481 e. The summed E-state index contributed by atoms with van der Waals surface area (Å²) in [5, 5.41) is 9.13. The maximum absolute atomic E-state index is 13.3. The van der Waals surface area contributed by atoms with E-state index in [1.807, 2.05) is 0 Å². The number of carboxylic acids is 1. The molecule has 1 aromatic heterocycles. The lowest BCUT2D eigenvalue weighted by atomic mass is 10.0. The smallest absolute Gasteiger partial charge is 0.416 e. The van der Waals surface area contributed by atoms with Gasteiger partial charge in [0.05, 0.1) is 17.0 Å². The van der Waals surface area contributed by atoms with Gasteiger partial charge in [-0.25, -0.2) is 4.98 Å². The number of aromatic nitrogens is 1. The number of rotatable bonds is 4. The molecule has 0 radical (unpaired) electrons. The van der Waals surface area contributed by atoms with Crippen LogP contribution < -0.4 is 0 Å². The summed E-state index contributed by atoms with van der Waals surface area (Å²) < 4.78 is 85.3. The standard InChI is InChI=1S/C21H13F6NO3/c22-20(23,24)12-6-11(7-13(8-12)21(25,26)27)17-16(10-4-2-1-3-5-10)28-18(31-17)14-9-15(14)19(29)30/h1-8,14-15H,9H2,(H,29,30). The minimum Gasteiger partial charge on any atom is -0.481 e. The molecule has 4 rings (SSSR count). The molecule has 10 heteroatoms. The van der Waals surface area contributed by atoms with E-state index in [2.05, 4.69) is 4.98 Å². The molecule has 2 atom stereocenters. The van der Waals surface area contributed by atoms with E-state index in [9.17, 15) is 31.1 Å². The molecule has 1 aliphatic carbocycles. The van der Waals surface area contributed by atoms with Crippen molar-refractivity contribution >= 4 is 5.97 Å². The molecule has 31 heavy (non-hydrogen) atoms. The van der Waals surface area contributed by atoms with Gasteiger partial charge in [-0.15, -0.1) is 0 Å². The van der Waals surface area contributed by atoms with Crippen molar-refractivity contribution in [2.45, 2.75) is 24.7 Å². The fourth-order valence-corrected chi connectivity index (χ4v) is 3.31. The highest BCUT2D eigenvalue weighted by Gasteiger charge is 2.48. The van der Waals surface area contributed by atoms with Crippen LogP contribution in [0.1, 0.15) is 29.4 Å². The van der Waals surface area contributed by atoms with Gasteiger partial charge in [0.1, 0.15) is 5.69 Å². The first-order valence-corrected chi connectivity index (χ1v) is 9.04. The van der Waals surface area contributed by atoms with E-state index in [0.717, 1.165) is 0 Å². The Morgan fingerprint density at radius 1 is 0.935 bits per heavy atom. The zero-order chi connectivity index (χ0) is 22.6. The third-order valence-corrected chi connectivity index (χ3v) is 4.97. The maximum Gasteiger partial charge on any atom is 0.416 e. The molecule has 2 unspecified atom stereocenters. The van der Waals surface area contributed by atoms with Crippen molar-refractivity contribution in [3.8, 4) is 22.6 Å². The van der Waals surface area contributed by atoms with Crippen LogP contribution in [0.2, 0.25) is 0 Å². The normalized spacial score (nSPS) is 18.8. The minimum absolute atomic E-state index is 0.0321. The number of carbonyl (C=O) groups is 1. The van der Waals surface area contributed by atoms with E-state index in [-0.39, 0.29) is 29.8 Å². The topological polar surface area (TPSA) is 63.3 Å². The summed E-state index contributed by atoms with van der Waals surface area (Å²) in [5.41, 5.74) is -2.97. The Morgan fingerprint density at radius 3 is 2.00 bits per heavy atom. The Morgan fingerprint density at radius 2 is 1.52 bits per heavy atom. The summed E-state index contributed by atoms with van der Waals surface area (Å²) in [6.07, 6.45) is -9.81. The molecule has 0 amide bonds. The number of nitrogens with zero attached hydrogens (tertiary/aromatic N) is 1. The van der Waals surface area contributed by atoms with Gasteiger partial charge in [0.15, 0.2) is 11.7 Å². The Balaban J connectivity index is 1.91. The van der Waals surface area contributed by atoms with Crippen LogP contribution in [0.4, 0.5) is 26.3 Å². The van der Waals surface area contributed by atoms with Crippen molar-refractivity contribution < 1.29 is 40.7 Å². The van der Waals surface area contributed by atoms with E-state index < -0.39 is 46.8 Å². The van der Waals surface area contributed by atoms with Crippen molar-refractivity contribution in [2.75, 3.05) is 0 Å². The fraction of sp³-hybridized carbons (Fsp3) is 0.238. The molecule has 0 saturated heterocycles. The Hall–Kier alpha value is -3.30. The van der Waals surface area contributed by atoms with Crippen LogP contribution in [0.15, 0.2) is 52.9 Å². The summed E-state index contributed by atoms with van der Waals surface area (Å²) in [5.74, 6) is -2.76. The molecule has 3 aromatic rings. The van der Waals surface area contributed by atoms with E-state index in [1.54, 1.807) is 30.3 Å². The quantitative estimate of drug-likeness (QED) is 0.488. The highest BCUT2D eigenvalue weighted by molar-refractivity contribution is 5.79. The van der Waals surface area contributed by atoms with Crippen LogP contribution in [-0.4, -0.2) is 16.1 Å². The second kappa shape index (κ2) is 7.14. The van der Waals surface area contributed by atoms with E-state index in [4.69, 9.17) is 9.52 Å². The first kappa shape index (κ1) is 21.0. The molecule has 0 aliphatic heterocycles. The number of halogens is 6. The lowest BCUT2D eigenvalue weighted by molar-refractivity contribution is -0.143. The lowest BCUT2D eigenvalue weighted by Gasteiger charge is -2.13. The lowest BCUT2D eigenvalue weighted by Crippen LogP contribution is -2.11. The van der Waals surface area contributed by atoms with Gasteiger partial charge in [-0.2, -0.15) is 26.3 Å². The van der Waals surface area contributed by atoms with Crippen molar-refractivity contribution in [1.29, 1.82) is 0 Å². The third kappa shape index (κ3) is 4.14. The van der Waals surface area contributed by atoms with E-state index in [0.29, 0.717) is 17.7 Å². The molecule has 2 aromatic carbocycles. The van der Waals surface area contributed by atoms with Crippen LogP contribution in [0.25, 0.3) is 22.6 Å². The molecule has 0 bridgehead atoms. The average molecular weight is 441 g/mol. The monoisotopic (exact) mass is 441 g/mol. The van der Waals surface area contributed by atoms with Crippen molar-refractivity contribution in [3.05, 3.63) is 65.5 Å². The van der Waals surface area contributed by atoms with Gasteiger partial charge < -0.3 is 9.52 Å². The highest BCUT2D eigenvalue weighted by atomic mass is 19.4. The second-order valence-electron chi connectivity index (χ2n) is 7.18. The number of aliphatic carboxylic acids is 1. The summed E-state index contributed by atoms with van der Waals surface area (Å²) in [6, 6.07) is 9.23. The minimum atomic E-state index is -5.02. The first-order chi connectivity index (χ1) is 14.4. The molecule has 1 fully saturated rings. The van der Waals surface area contributed by atoms with E-state index >= 15 is 0 Å². The second-order valence-corrected chi connectivity index (χ2v) is 7.18. The number of alkyl halides is 6. The summed E-state index contributed by atoms with van der Waals surface area (Å²) in [4.78, 5) is 15.4. The van der Waals surface area contributed by atoms with Gasteiger partial charge in [0.2, 0.25) is 0 Å². The van der Waals surface area contributed by atoms with Gasteiger partial charge in [-0.1, -0.05) is 30.3 Å². The van der Waals surface area contributed by atoms with Crippen molar-refractivity contribution in [1.82, 2.24) is 4.98 Å². The van der Waals surface area contributed by atoms with Gasteiger partial charge in [0, 0.05) is 17.0 Å². The molecule has 1 N–H and O–H groups in total. The van der Waals surface area contributed by atoms with Crippen LogP contribution in [0, 0.1) is 5.92 Å². The van der Waals surface area contributed by atoms with Gasteiger partial charge in [0.25, 0.3) is 0 Å². The van der Waals surface area contributed by atoms with Crippen LogP contribution >= 0.6 is 0 Å². The zero-order valence-corrected chi connectivity index (χ0v) is 15.5.